The van der Waals surface area contributed by atoms with Crippen molar-refractivity contribution in [2.24, 2.45) is 0 Å². The number of carboxylic acids is 1. The molecule has 19 heavy (non-hydrogen) atoms. The van der Waals surface area contributed by atoms with Crippen LogP contribution in [0.4, 0.5) is 0 Å². The molecule has 1 aromatic carbocycles. The average Bonchev–Trinajstić information content (AvgIpc) is 2.34. The van der Waals surface area contributed by atoms with Crippen molar-refractivity contribution in [2.75, 3.05) is 13.2 Å². The van der Waals surface area contributed by atoms with Crippen molar-refractivity contribution in [3.05, 3.63) is 24.3 Å². The van der Waals surface area contributed by atoms with Crippen LogP contribution in [0.25, 0.3) is 0 Å². The highest BCUT2D eigenvalue weighted by Gasteiger charge is 2.19. The standard InChI is InChI=1S/C13H17NO5/c1-3-18-10-5-4-6-11(7-10)19-8-12(13(16)17)14-9(2)15/h4-7,12H,3,8H2,1-2H3,(H,14,15)(H,16,17). The van der Waals surface area contributed by atoms with Gasteiger partial charge in [0.1, 0.15) is 18.1 Å². The number of carbonyl (C=O) groups excluding carboxylic acids is 1. The largest absolute Gasteiger partial charge is 0.494 e. The second-order valence-electron chi connectivity index (χ2n) is 3.81. The fourth-order valence-electron chi connectivity index (χ4n) is 1.42. The lowest BCUT2D eigenvalue weighted by Crippen LogP contribution is -2.43. The molecular formula is C13H17NO5. The topological polar surface area (TPSA) is 84.9 Å². The number of aliphatic carboxylic acids is 1. The van der Waals surface area contributed by atoms with E-state index in [9.17, 15) is 9.59 Å². The lowest BCUT2D eigenvalue weighted by molar-refractivity contribution is -0.142. The first kappa shape index (κ1) is 14.8. The van der Waals surface area contributed by atoms with Crippen molar-refractivity contribution in [3.8, 4) is 11.5 Å². The fourth-order valence-corrected chi connectivity index (χ4v) is 1.42. The van der Waals surface area contributed by atoms with E-state index in [1.165, 1.54) is 6.92 Å². The molecule has 0 fully saturated rings. The van der Waals surface area contributed by atoms with Gasteiger partial charge in [-0.3, -0.25) is 4.79 Å². The van der Waals surface area contributed by atoms with Gasteiger partial charge in [-0.15, -0.1) is 0 Å². The molecule has 1 atom stereocenters. The molecule has 1 amide bonds. The van der Waals surface area contributed by atoms with Crippen molar-refractivity contribution < 1.29 is 24.2 Å². The van der Waals surface area contributed by atoms with Crippen LogP contribution < -0.4 is 14.8 Å². The lowest BCUT2D eigenvalue weighted by Gasteiger charge is -2.14. The minimum absolute atomic E-state index is 0.148. The van der Waals surface area contributed by atoms with Crippen LogP contribution in [0.5, 0.6) is 11.5 Å². The van der Waals surface area contributed by atoms with E-state index in [0.29, 0.717) is 18.1 Å². The molecule has 0 saturated carbocycles. The average molecular weight is 267 g/mol. The number of nitrogens with one attached hydrogen (secondary N) is 1. The van der Waals surface area contributed by atoms with E-state index >= 15 is 0 Å². The number of benzene rings is 1. The van der Waals surface area contributed by atoms with Crippen LogP contribution >= 0.6 is 0 Å². The Bertz CT molecular complexity index is 446. The molecule has 0 aromatic heterocycles. The SMILES string of the molecule is CCOc1cccc(OCC(NC(C)=O)C(=O)O)c1. The van der Waals surface area contributed by atoms with Gasteiger partial charge in [-0.25, -0.2) is 4.79 Å². The summed E-state index contributed by atoms with van der Waals surface area (Å²) < 4.78 is 10.6. The van der Waals surface area contributed by atoms with E-state index in [-0.39, 0.29) is 6.61 Å². The van der Waals surface area contributed by atoms with Crippen molar-refractivity contribution in [2.45, 2.75) is 19.9 Å². The quantitative estimate of drug-likeness (QED) is 0.771. The Morgan fingerprint density at radius 2 is 1.95 bits per heavy atom. The van der Waals surface area contributed by atoms with E-state index in [1.54, 1.807) is 24.3 Å². The van der Waals surface area contributed by atoms with Gasteiger partial charge in [0.25, 0.3) is 0 Å². The maximum Gasteiger partial charge on any atom is 0.329 e. The van der Waals surface area contributed by atoms with E-state index in [1.807, 2.05) is 6.92 Å². The van der Waals surface area contributed by atoms with Crippen LogP contribution in [0.15, 0.2) is 24.3 Å². The van der Waals surface area contributed by atoms with Gasteiger partial charge in [-0.05, 0) is 19.1 Å². The number of hydrogen-bond acceptors (Lipinski definition) is 4. The normalized spacial score (nSPS) is 11.5. The number of ether oxygens (including phenoxy) is 2. The zero-order valence-corrected chi connectivity index (χ0v) is 10.9. The molecule has 0 aliphatic heterocycles. The Hall–Kier alpha value is -2.24. The summed E-state index contributed by atoms with van der Waals surface area (Å²) in [6, 6.07) is 5.80. The van der Waals surface area contributed by atoms with E-state index < -0.39 is 17.9 Å². The third-order valence-corrected chi connectivity index (χ3v) is 2.21. The van der Waals surface area contributed by atoms with Crippen LogP contribution in [-0.2, 0) is 9.59 Å². The molecule has 0 aliphatic carbocycles. The minimum atomic E-state index is -1.14. The van der Waals surface area contributed by atoms with E-state index in [0.717, 1.165) is 0 Å². The van der Waals surface area contributed by atoms with E-state index in [2.05, 4.69) is 5.32 Å². The predicted octanol–water partition coefficient (Wildman–Crippen LogP) is 1.05. The number of hydrogen-bond donors (Lipinski definition) is 2. The summed E-state index contributed by atoms with van der Waals surface area (Å²) in [5.74, 6) is -0.427. The second-order valence-corrected chi connectivity index (χ2v) is 3.81. The van der Waals surface area contributed by atoms with Gasteiger partial charge in [0.15, 0.2) is 6.04 Å². The van der Waals surface area contributed by atoms with Crippen LogP contribution in [0.1, 0.15) is 13.8 Å². The summed E-state index contributed by atoms with van der Waals surface area (Å²) in [6.45, 7) is 3.51. The predicted molar refractivity (Wildman–Crippen MR) is 68.3 cm³/mol. The number of amides is 1. The van der Waals surface area contributed by atoms with Gasteiger partial charge in [0.05, 0.1) is 6.61 Å². The van der Waals surface area contributed by atoms with Crippen LogP contribution in [0.3, 0.4) is 0 Å². The Morgan fingerprint density at radius 3 is 2.47 bits per heavy atom. The molecule has 0 spiro atoms. The number of carboxylic acid groups (broad SMARTS) is 1. The molecule has 0 aliphatic rings. The second kappa shape index (κ2) is 7.25. The summed E-state index contributed by atoms with van der Waals surface area (Å²) in [4.78, 5) is 21.8. The van der Waals surface area contributed by atoms with Gasteiger partial charge in [0.2, 0.25) is 5.91 Å². The number of rotatable bonds is 7. The molecule has 6 nitrogen and oxygen atoms in total. The van der Waals surface area contributed by atoms with Gasteiger partial charge in [0, 0.05) is 13.0 Å². The molecule has 0 radical (unpaired) electrons. The molecule has 1 unspecified atom stereocenters. The molecule has 6 heteroatoms. The molecule has 0 saturated heterocycles. The highest BCUT2D eigenvalue weighted by Crippen LogP contribution is 2.19. The van der Waals surface area contributed by atoms with Crippen molar-refractivity contribution >= 4 is 11.9 Å². The van der Waals surface area contributed by atoms with Crippen LogP contribution in [-0.4, -0.2) is 36.2 Å². The molecule has 104 valence electrons. The highest BCUT2D eigenvalue weighted by molar-refractivity contribution is 5.82. The van der Waals surface area contributed by atoms with Crippen LogP contribution in [0, 0.1) is 0 Å². The first-order chi connectivity index (χ1) is 9.02. The summed E-state index contributed by atoms with van der Waals surface area (Å²) in [5, 5.41) is 11.2. The van der Waals surface area contributed by atoms with Crippen molar-refractivity contribution in [1.29, 1.82) is 0 Å². The summed E-state index contributed by atoms with van der Waals surface area (Å²) in [6.07, 6.45) is 0. The Kier molecular flexibility index (Phi) is 5.66. The van der Waals surface area contributed by atoms with Crippen molar-refractivity contribution in [3.63, 3.8) is 0 Å². The highest BCUT2D eigenvalue weighted by atomic mass is 16.5. The lowest BCUT2D eigenvalue weighted by atomic mass is 10.3. The third kappa shape index (κ3) is 5.29. The Morgan fingerprint density at radius 1 is 1.32 bits per heavy atom. The zero-order valence-electron chi connectivity index (χ0n) is 10.9. The van der Waals surface area contributed by atoms with E-state index in [4.69, 9.17) is 14.6 Å². The monoisotopic (exact) mass is 267 g/mol. The summed E-state index contributed by atoms with van der Waals surface area (Å²) in [5.41, 5.74) is 0. The molecule has 2 N–H and O–H groups in total. The maximum absolute atomic E-state index is 10.9. The summed E-state index contributed by atoms with van der Waals surface area (Å²) in [7, 11) is 0. The molecule has 1 aromatic rings. The van der Waals surface area contributed by atoms with Gasteiger partial charge in [-0.2, -0.15) is 0 Å². The van der Waals surface area contributed by atoms with Crippen molar-refractivity contribution in [1.82, 2.24) is 5.32 Å². The Labute approximate surface area is 111 Å². The fraction of sp³-hybridized carbons (Fsp3) is 0.385. The molecule has 0 bridgehead atoms. The molecule has 1 rings (SSSR count). The van der Waals surface area contributed by atoms with Crippen LogP contribution in [0.2, 0.25) is 0 Å². The smallest absolute Gasteiger partial charge is 0.329 e. The molecule has 0 heterocycles. The van der Waals surface area contributed by atoms with Gasteiger partial charge >= 0.3 is 5.97 Å². The third-order valence-electron chi connectivity index (χ3n) is 2.21. The maximum atomic E-state index is 10.9. The zero-order chi connectivity index (χ0) is 14.3. The first-order valence-electron chi connectivity index (χ1n) is 5.88. The molecular weight excluding hydrogens is 250 g/mol. The minimum Gasteiger partial charge on any atom is -0.494 e. The first-order valence-corrected chi connectivity index (χ1v) is 5.88. The summed E-state index contributed by atoms with van der Waals surface area (Å²) >= 11 is 0. The number of carbonyl (C=O) groups is 2. The Balaban J connectivity index is 2.60. The van der Waals surface area contributed by atoms with Gasteiger partial charge in [-0.1, -0.05) is 6.07 Å². The van der Waals surface area contributed by atoms with Gasteiger partial charge < -0.3 is 19.9 Å².